The van der Waals surface area contributed by atoms with Crippen molar-refractivity contribution >= 4 is 33.2 Å². The molecule has 1 saturated heterocycles. The Bertz CT molecular complexity index is 1060. The normalized spacial score (nSPS) is 18.0. The monoisotopic (exact) mass is 451 g/mol. The van der Waals surface area contributed by atoms with Gasteiger partial charge in [0.15, 0.2) is 9.84 Å². The van der Waals surface area contributed by atoms with Gasteiger partial charge in [0.1, 0.15) is 11.6 Å². The minimum absolute atomic E-state index is 0.00794. The van der Waals surface area contributed by atoms with Crippen molar-refractivity contribution in [3.63, 3.8) is 0 Å². The number of pyridine rings is 1. The highest BCUT2D eigenvalue weighted by Crippen LogP contribution is 2.38. The molecule has 1 aliphatic rings. The third-order valence-electron chi connectivity index (χ3n) is 4.85. The molecule has 3 rings (SSSR count). The Morgan fingerprint density at radius 3 is 2.77 bits per heavy atom. The molecule has 160 valence electrons. The Morgan fingerprint density at radius 2 is 2.13 bits per heavy atom. The number of amides is 1. The highest BCUT2D eigenvalue weighted by Gasteiger charge is 2.29. The van der Waals surface area contributed by atoms with E-state index in [-0.39, 0.29) is 17.8 Å². The second-order valence-corrected chi connectivity index (χ2v) is 9.68. The fourth-order valence-electron chi connectivity index (χ4n) is 3.43. The molecule has 9 heteroatoms. The van der Waals surface area contributed by atoms with Crippen molar-refractivity contribution in [2.24, 2.45) is 0 Å². The summed E-state index contributed by atoms with van der Waals surface area (Å²) in [5.41, 5.74) is 1.22. The van der Waals surface area contributed by atoms with Crippen molar-refractivity contribution in [1.29, 1.82) is 0 Å². The van der Waals surface area contributed by atoms with E-state index in [1.165, 1.54) is 24.4 Å². The fraction of sp³-hybridized carbons (Fsp3) is 0.333. The topological polar surface area (TPSA) is 79.4 Å². The first kappa shape index (κ1) is 22.2. The van der Waals surface area contributed by atoms with Crippen LogP contribution in [0.4, 0.5) is 10.2 Å². The van der Waals surface area contributed by atoms with Crippen LogP contribution in [0, 0.1) is 5.82 Å². The van der Waals surface area contributed by atoms with E-state index < -0.39 is 15.9 Å². The number of halogens is 2. The van der Waals surface area contributed by atoms with E-state index in [1.807, 2.05) is 0 Å². The first-order chi connectivity index (χ1) is 14.1. The Hall–Kier alpha value is -2.45. The quantitative estimate of drug-likeness (QED) is 0.720. The smallest absolute Gasteiger partial charge is 0.253 e. The van der Waals surface area contributed by atoms with Crippen LogP contribution in [0.15, 0.2) is 48.0 Å². The lowest BCUT2D eigenvalue weighted by Gasteiger charge is -2.27. The third-order valence-corrected chi connectivity index (χ3v) is 5.83. The predicted molar refractivity (Wildman–Crippen MR) is 116 cm³/mol. The molecule has 0 radical (unpaired) electrons. The number of carbonyl (C=O) groups is 1. The summed E-state index contributed by atoms with van der Waals surface area (Å²) in [7, 11) is -3.25. The highest BCUT2D eigenvalue weighted by atomic mass is 35.5. The molecule has 0 spiro atoms. The van der Waals surface area contributed by atoms with Gasteiger partial charge in [-0.1, -0.05) is 23.7 Å². The van der Waals surface area contributed by atoms with Crippen molar-refractivity contribution in [1.82, 2.24) is 10.3 Å². The summed E-state index contributed by atoms with van der Waals surface area (Å²) in [5.74, 6) is -0.0129. The largest absolute Gasteiger partial charge is 0.350 e. The van der Waals surface area contributed by atoms with Gasteiger partial charge in [-0.2, -0.15) is 0 Å². The number of aromatic nitrogens is 1. The summed E-state index contributed by atoms with van der Waals surface area (Å²) in [6.45, 7) is 2.47. The molecule has 2 aromatic rings. The van der Waals surface area contributed by atoms with Gasteiger partial charge in [-0.3, -0.25) is 4.79 Å². The Labute approximate surface area is 180 Å². The van der Waals surface area contributed by atoms with Gasteiger partial charge in [0.2, 0.25) is 0 Å². The van der Waals surface area contributed by atoms with Crippen LogP contribution in [-0.2, 0) is 9.84 Å². The second kappa shape index (κ2) is 9.14. The SMILES string of the molecule is C[C@H](/C=C/S(C)(=O)=O)NC(=O)c1ccc(N2CCCC2c2ccc(F)cc2Cl)nc1. The number of carbonyl (C=O) groups excluding carboxylic acids is 1. The van der Waals surface area contributed by atoms with Crippen LogP contribution < -0.4 is 10.2 Å². The van der Waals surface area contributed by atoms with Gasteiger partial charge in [-0.05, 0) is 49.6 Å². The molecule has 2 atom stereocenters. The number of nitrogens with zero attached hydrogens (tertiary/aromatic N) is 2. The molecule has 0 saturated carbocycles. The molecule has 0 bridgehead atoms. The minimum Gasteiger partial charge on any atom is -0.350 e. The zero-order valence-corrected chi connectivity index (χ0v) is 18.3. The standard InChI is InChI=1S/C21H23ClFN3O3S/c1-14(9-11-30(2,28)29)25-21(27)15-5-8-20(24-13-15)26-10-3-4-19(26)17-7-6-16(23)12-18(17)22/h5-9,11-14,19H,3-4,10H2,1-2H3,(H,25,27)/b11-9+/t14-,19?/m1/s1. The van der Waals surface area contributed by atoms with Gasteiger partial charge < -0.3 is 10.2 Å². The Kier molecular flexibility index (Phi) is 6.77. The molecule has 0 aliphatic carbocycles. The Balaban J connectivity index is 1.71. The maximum atomic E-state index is 13.4. The van der Waals surface area contributed by atoms with Gasteiger partial charge in [-0.15, -0.1) is 0 Å². The van der Waals surface area contributed by atoms with Gasteiger partial charge in [-0.25, -0.2) is 17.8 Å². The summed E-state index contributed by atoms with van der Waals surface area (Å²) in [6.07, 6.45) is 5.81. The summed E-state index contributed by atoms with van der Waals surface area (Å²) in [6, 6.07) is 7.40. The van der Waals surface area contributed by atoms with E-state index in [4.69, 9.17) is 11.6 Å². The van der Waals surface area contributed by atoms with Gasteiger partial charge in [0, 0.05) is 35.5 Å². The molecule has 6 nitrogen and oxygen atoms in total. The Morgan fingerprint density at radius 1 is 1.37 bits per heavy atom. The maximum absolute atomic E-state index is 13.4. The minimum atomic E-state index is -3.25. The average Bonchev–Trinajstić information content (AvgIpc) is 3.15. The van der Waals surface area contributed by atoms with Crippen molar-refractivity contribution in [2.75, 3.05) is 17.7 Å². The molecule has 1 aromatic heterocycles. The van der Waals surface area contributed by atoms with Crippen molar-refractivity contribution in [3.05, 3.63) is 70.0 Å². The number of sulfone groups is 1. The van der Waals surface area contributed by atoms with Crippen LogP contribution in [0.25, 0.3) is 0 Å². The van der Waals surface area contributed by atoms with Gasteiger partial charge >= 0.3 is 0 Å². The zero-order valence-electron chi connectivity index (χ0n) is 16.7. The molecule has 2 heterocycles. The molecular formula is C21H23ClFN3O3S. The van der Waals surface area contributed by atoms with Crippen molar-refractivity contribution in [2.45, 2.75) is 31.8 Å². The number of benzene rings is 1. The number of hydrogen-bond acceptors (Lipinski definition) is 5. The molecule has 30 heavy (non-hydrogen) atoms. The number of rotatable bonds is 6. The summed E-state index contributed by atoms with van der Waals surface area (Å²) in [5, 5.41) is 4.16. The van der Waals surface area contributed by atoms with E-state index in [0.717, 1.165) is 36.6 Å². The molecule has 1 amide bonds. The van der Waals surface area contributed by atoms with E-state index in [1.54, 1.807) is 25.1 Å². The van der Waals surface area contributed by atoms with Crippen LogP contribution in [0.1, 0.15) is 41.7 Å². The summed E-state index contributed by atoms with van der Waals surface area (Å²) >= 11 is 6.25. The number of hydrogen-bond donors (Lipinski definition) is 1. The zero-order chi connectivity index (χ0) is 21.9. The van der Waals surface area contributed by atoms with Crippen LogP contribution in [0.2, 0.25) is 5.02 Å². The molecule has 1 aromatic carbocycles. The fourth-order valence-corrected chi connectivity index (χ4v) is 4.24. The number of anilines is 1. The molecule has 1 fully saturated rings. The van der Waals surface area contributed by atoms with E-state index in [2.05, 4.69) is 15.2 Å². The van der Waals surface area contributed by atoms with Crippen LogP contribution in [-0.4, -0.2) is 38.2 Å². The van der Waals surface area contributed by atoms with Crippen LogP contribution >= 0.6 is 11.6 Å². The molecule has 1 unspecified atom stereocenters. The van der Waals surface area contributed by atoms with Crippen LogP contribution in [0.3, 0.4) is 0 Å². The van der Waals surface area contributed by atoms with Crippen molar-refractivity contribution < 1.29 is 17.6 Å². The van der Waals surface area contributed by atoms with Gasteiger partial charge in [0.05, 0.1) is 11.6 Å². The lowest BCUT2D eigenvalue weighted by atomic mass is 10.0. The van der Waals surface area contributed by atoms with Crippen LogP contribution in [0.5, 0.6) is 0 Å². The molecule has 1 N–H and O–H groups in total. The van der Waals surface area contributed by atoms with Crippen molar-refractivity contribution in [3.8, 4) is 0 Å². The van der Waals surface area contributed by atoms with E-state index >= 15 is 0 Å². The molecular weight excluding hydrogens is 429 g/mol. The van der Waals surface area contributed by atoms with Gasteiger partial charge in [0.25, 0.3) is 5.91 Å². The average molecular weight is 452 g/mol. The second-order valence-electron chi connectivity index (χ2n) is 7.34. The lowest BCUT2D eigenvalue weighted by Crippen LogP contribution is -2.31. The summed E-state index contributed by atoms with van der Waals surface area (Å²) < 4.78 is 35.8. The number of nitrogens with one attached hydrogen (secondary N) is 1. The highest BCUT2D eigenvalue weighted by molar-refractivity contribution is 7.93. The first-order valence-electron chi connectivity index (χ1n) is 9.51. The first-order valence-corrected chi connectivity index (χ1v) is 11.8. The maximum Gasteiger partial charge on any atom is 0.253 e. The molecule has 1 aliphatic heterocycles. The van der Waals surface area contributed by atoms with E-state index in [9.17, 15) is 17.6 Å². The van der Waals surface area contributed by atoms with E-state index in [0.29, 0.717) is 16.4 Å². The summed E-state index contributed by atoms with van der Waals surface area (Å²) in [4.78, 5) is 18.9. The third kappa shape index (κ3) is 5.58. The lowest BCUT2D eigenvalue weighted by molar-refractivity contribution is 0.0946. The predicted octanol–water partition coefficient (Wildman–Crippen LogP) is 3.89.